The minimum Gasteiger partial charge on any atom is -0.495 e. The highest BCUT2D eigenvalue weighted by Gasteiger charge is 2.41. The number of nitrogens with zero attached hydrogens (tertiary/aromatic N) is 1. The molecule has 0 radical (unpaired) electrons. The summed E-state index contributed by atoms with van der Waals surface area (Å²) >= 11 is 6.23. The number of carboxylic acids is 1. The van der Waals surface area contributed by atoms with Crippen molar-refractivity contribution in [2.45, 2.75) is 36.0 Å². The van der Waals surface area contributed by atoms with Crippen LogP contribution in [0.4, 0.5) is 0 Å². The van der Waals surface area contributed by atoms with Crippen LogP contribution >= 0.6 is 11.6 Å². The Labute approximate surface area is 160 Å². The van der Waals surface area contributed by atoms with Crippen molar-refractivity contribution >= 4 is 27.4 Å². The molecule has 142 valence electrons. The van der Waals surface area contributed by atoms with Crippen molar-refractivity contribution in [1.82, 2.24) is 4.57 Å². The number of pyridine rings is 1. The number of hydrogen-bond acceptors (Lipinski definition) is 5. The number of sulfone groups is 1. The van der Waals surface area contributed by atoms with Crippen molar-refractivity contribution in [3.63, 3.8) is 0 Å². The molecule has 9 heteroatoms. The normalized spacial score (nSPS) is 19.9. The number of benzene rings is 1. The number of ether oxygens (including phenoxy) is 1. The molecule has 7 nitrogen and oxygen atoms in total. The molecule has 0 amide bonds. The van der Waals surface area contributed by atoms with E-state index in [0.717, 1.165) is 12.8 Å². The molecule has 0 bridgehead atoms. The lowest BCUT2D eigenvalue weighted by molar-refractivity contribution is 0.0694. The van der Waals surface area contributed by atoms with Gasteiger partial charge in [-0.25, -0.2) is 13.2 Å². The Hall–Kier alpha value is -2.32. The van der Waals surface area contributed by atoms with Gasteiger partial charge in [0.05, 0.1) is 28.0 Å². The third-order valence-corrected chi connectivity index (χ3v) is 7.56. The van der Waals surface area contributed by atoms with Crippen LogP contribution in [0, 0.1) is 0 Å². The SMILES string of the molecule is COc1cc2c(cc1Cl)-c1c(cc(C(=O)O)c(=O)n1C1CC1)C(C)S2(=O)=O. The highest BCUT2D eigenvalue weighted by molar-refractivity contribution is 7.92. The number of fused-ring (bicyclic) bond motifs is 3. The monoisotopic (exact) mass is 409 g/mol. The van der Waals surface area contributed by atoms with Crippen LogP contribution in [0.3, 0.4) is 0 Å². The van der Waals surface area contributed by atoms with E-state index in [4.69, 9.17) is 16.3 Å². The second-order valence-electron chi connectivity index (χ2n) is 6.74. The van der Waals surface area contributed by atoms with Crippen molar-refractivity contribution in [2.24, 2.45) is 0 Å². The first-order valence-corrected chi connectivity index (χ1v) is 10.3. The van der Waals surface area contributed by atoms with Gasteiger partial charge in [-0.15, -0.1) is 0 Å². The lowest BCUT2D eigenvalue weighted by Gasteiger charge is -2.29. The number of carbonyl (C=O) groups is 1. The first-order valence-electron chi connectivity index (χ1n) is 8.33. The summed E-state index contributed by atoms with van der Waals surface area (Å²) in [5, 5.41) is 8.62. The van der Waals surface area contributed by atoms with Crippen molar-refractivity contribution < 1.29 is 23.1 Å². The second kappa shape index (κ2) is 5.84. The molecular weight excluding hydrogens is 394 g/mol. The van der Waals surface area contributed by atoms with Crippen LogP contribution in [0.15, 0.2) is 27.9 Å². The second-order valence-corrected chi connectivity index (χ2v) is 9.39. The van der Waals surface area contributed by atoms with Crippen LogP contribution in [0.2, 0.25) is 5.02 Å². The van der Waals surface area contributed by atoms with E-state index in [9.17, 15) is 23.1 Å². The zero-order chi connectivity index (χ0) is 19.7. The maximum atomic E-state index is 13.1. The van der Waals surface area contributed by atoms with E-state index in [1.54, 1.807) is 0 Å². The maximum Gasteiger partial charge on any atom is 0.341 e. The van der Waals surface area contributed by atoms with E-state index in [-0.39, 0.29) is 21.7 Å². The predicted octanol–water partition coefficient (Wildman–Crippen LogP) is 3.06. The average molecular weight is 410 g/mol. The van der Waals surface area contributed by atoms with Gasteiger partial charge in [0.2, 0.25) is 0 Å². The molecule has 4 rings (SSSR count). The number of aromatic carboxylic acids is 1. The van der Waals surface area contributed by atoms with E-state index in [0.29, 0.717) is 16.8 Å². The number of carboxylic acid groups (broad SMARTS) is 1. The summed E-state index contributed by atoms with van der Waals surface area (Å²) < 4.78 is 32.7. The van der Waals surface area contributed by atoms with Crippen LogP contribution in [0.25, 0.3) is 11.3 Å². The van der Waals surface area contributed by atoms with E-state index < -0.39 is 32.2 Å². The van der Waals surface area contributed by atoms with Gasteiger partial charge in [0, 0.05) is 17.7 Å². The number of aromatic nitrogens is 1. The maximum absolute atomic E-state index is 13.1. The van der Waals surface area contributed by atoms with Gasteiger partial charge in [0.25, 0.3) is 5.56 Å². The van der Waals surface area contributed by atoms with E-state index in [1.165, 1.54) is 36.8 Å². The van der Waals surface area contributed by atoms with Gasteiger partial charge in [0.1, 0.15) is 11.3 Å². The van der Waals surface area contributed by atoms with E-state index in [1.807, 2.05) is 0 Å². The van der Waals surface area contributed by atoms with Crippen molar-refractivity contribution in [3.05, 3.63) is 44.7 Å². The highest BCUT2D eigenvalue weighted by atomic mass is 35.5. The lowest BCUT2D eigenvalue weighted by atomic mass is 9.99. The zero-order valence-corrected chi connectivity index (χ0v) is 16.1. The molecule has 2 heterocycles. The molecule has 0 spiro atoms. The molecule has 0 saturated heterocycles. The molecule has 2 aromatic rings. The predicted molar refractivity (Wildman–Crippen MR) is 98.5 cm³/mol. The Kier molecular flexibility index (Phi) is 3.91. The summed E-state index contributed by atoms with van der Waals surface area (Å²) in [6.07, 6.45) is 1.46. The molecule has 1 N–H and O–H groups in total. The van der Waals surface area contributed by atoms with Crippen molar-refractivity contribution in [2.75, 3.05) is 7.11 Å². The van der Waals surface area contributed by atoms with Crippen LogP contribution in [0.1, 0.15) is 47.0 Å². The third-order valence-electron chi connectivity index (χ3n) is 5.12. The summed E-state index contributed by atoms with van der Waals surface area (Å²) in [6, 6.07) is 3.87. The smallest absolute Gasteiger partial charge is 0.341 e. The first-order chi connectivity index (χ1) is 12.7. The van der Waals surface area contributed by atoms with Gasteiger partial charge < -0.3 is 14.4 Å². The average Bonchev–Trinajstić information content (AvgIpc) is 3.43. The van der Waals surface area contributed by atoms with Crippen LogP contribution in [-0.2, 0) is 9.84 Å². The van der Waals surface area contributed by atoms with Gasteiger partial charge in [-0.05, 0) is 37.5 Å². The Bertz CT molecular complexity index is 1160. The molecule has 1 fully saturated rings. The van der Waals surface area contributed by atoms with E-state index in [2.05, 4.69) is 0 Å². The fraction of sp³-hybridized carbons (Fsp3) is 0.333. The number of rotatable bonds is 3. The molecule has 1 aliphatic carbocycles. The van der Waals surface area contributed by atoms with Gasteiger partial charge in [-0.1, -0.05) is 11.6 Å². The summed E-state index contributed by atoms with van der Waals surface area (Å²) in [5.41, 5.74) is -0.0317. The first kappa shape index (κ1) is 18.1. The fourth-order valence-electron chi connectivity index (χ4n) is 3.55. The molecule has 2 aliphatic rings. The Morgan fingerprint density at radius 2 is 1.96 bits per heavy atom. The highest BCUT2D eigenvalue weighted by Crippen LogP contribution is 2.49. The topological polar surface area (TPSA) is 103 Å². The summed E-state index contributed by atoms with van der Waals surface area (Å²) in [6.45, 7) is 1.49. The summed E-state index contributed by atoms with van der Waals surface area (Å²) in [4.78, 5) is 24.4. The van der Waals surface area contributed by atoms with Gasteiger partial charge in [0.15, 0.2) is 9.84 Å². The molecule has 1 aromatic heterocycles. The molecule has 1 saturated carbocycles. The third kappa shape index (κ3) is 2.50. The summed E-state index contributed by atoms with van der Waals surface area (Å²) in [5.74, 6) is -1.16. The van der Waals surface area contributed by atoms with E-state index >= 15 is 0 Å². The fourth-order valence-corrected chi connectivity index (χ4v) is 5.42. The summed E-state index contributed by atoms with van der Waals surface area (Å²) in [7, 11) is -2.42. The molecular formula is C18H16ClNO6S. The Morgan fingerprint density at radius 1 is 1.30 bits per heavy atom. The van der Waals surface area contributed by atoms with Gasteiger partial charge in [-0.2, -0.15) is 0 Å². The minimum absolute atomic E-state index is 0.0284. The van der Waals surface area contributed by atoms with Crippen LogP contribution < -0.4 is 10.3 Å². The molecule has 1 unspecified atom stereocenters. The van der Waals surface area contributed by atoms with Crippen LogP contribution in [0.5, 0.6) is 5.75 Å². The van der Waals surface area contributed by atoms with Crippen molar-refractivity contribution in [1.29, 1.82) is 0 Å². The lowest BCUT2D eigenvalue weighted by Crippen LogP contribution is -2.31. The van der Waals surface area contributed by atoms with Gasteiger partial charge in [-0.3, -0.25) is 4.79 Å². The quantitative estimate of drug-likeness (QED) is 0.835. The molecule has 1 atom stereocenters. The van der Waals surface area contributed by atoms with Crippen LogP contribution in [-0.4, -0.2) is 31.2 Å². The van der Waals surface area contributed by atoms with Crippen molar-refractivity contribution in [3.8, 4) is 17.0 Å². The molecule has 1 aliphatic heterocycles. The Morgan fingerprint density at radius 3 is 2.52 bits per heavy atom. The standard InChI is InChI=1S/C18H16ClNO6S/c1-8-10-5-12(18(22)23)17(21)20(9-3-4-9)16(10)11-6-13(19)14(26-2)7-15(11)27(8,24)25/h5-9H,3-4H2,1-2H3,(H,22,23). The number of hydrogen-bond donors (Lipinski definition) is 1. The number of halogens is 1. The Balaban J connectivity index is 2.18. The minimum atomic E-state index is -3.81. The number of methoxy groups -OCH3 is 1. The largest absolute Gasteiger partial charge is 0.495 e. The van der Waals surface area contributed by atoms with Gasteiger partial charge >= 0.3 is 5.97 Å². The molecule has 1 aromatic carbocycles. The zero-order valence-electron chi connectivity index (χ0n) is 14.5. The molecule has 27 heavy (non-hydrogen) atoms.